The van der Waals surface area contributed by atoms with Crippen molar-refractivity contribution in [2.75, 3.05) is 29.9 Å². The summed E-state index contributed by atoms with van der Waals surface area (Å²) in [4.78, 5) is 17.1. The molecule has 0 bridgehead atoms. The van der Waals surface area contributed by atoms with Crippen molar-refractivity contribution in [2.45, 2.75) is 13.0 Å². The summed E-state index contributed by atoms with van der Waals surface area (Å²) < 4.78 is 5.77. The third kappa shape index (κ3) is 6.84. The molecule has 0 saturated carbocycles. The van der Waals surface area contributed by atoms with Crippen LogP contribution in [0, 0.1) is 0 Å². The standard InChI is InChI=1S/C23H25N3O3/c27-23(28)18-26(20-7-2-1-3-8-20)17-19-10-12-21(13-11-19)29-16-6-15-25-22-9-4-5-14-24-22/h1-5,7-14H,6,15-18H2,(H,24,25)(H,27,28)/p-1. The second kappa shape index (κ2) is 10.7. The van der Waals surface area contributed by atoms with Crippen LogP contribution >= 0.6 is 0 Å². The Hall–Kier alpha value is -3.54. The zero-order valence-electron chi connectivity index (χ0n) is 16.2. The van der Waals surface area contributed by atoms with E-state index in [0.29, 0.717) is 13.2 Å². The molecular weight excluding hydrogens is 366 g/mol. The van der Waals surface area contributed by atoms with Gasteiger partial charge in [0.1, 0.15) is 11.6 Å². The molecule has 0 aliphatic rings. The number of carbonyl (C=O) groups excluding carboxylic acids is 1. The van der Waals surface area contributed by atoms with Gasteiger partial charge in [0, 0.05) is 25.0 Å². The van der Waals surface area contributed by atoms with Crippen LogP contribution in [0.3, 0.4) is 0 Å². The molecule has 3 rings (SSSR count). The topological polar surface area (TPSA) is 77.5 Å². The lowest BCUT2D eigenvalue weighted by Crippen LogP contribution is -2.37. The molecule has 0 fully saturated rings. The van der Waals surface area contributed by atoms with Gasteiger partial charge in [-0.3, -0.25) is 0 Å². The third-order valence-electron chi connectivity index (χ3n) is 4.30. The number of para-hydroxylation sites is 1. The lowest BCUT2D eigenvalue weighted by molar-refractivity contribution is -0.303. The molecule has 0 aliphatic heterocycles. The first-order valence-corrected chi connectivity index (χ1v) is 9.57. The number of anilines is 2. The molecule has 0 radical (unpaired) electrons. The maximum Gasteiger partial charge on any atom is 0.125 e. The molecule has 0 amide bonds. The summed E-state index contributed by atoms with van der Waals surface area (Å²) >= 11 is 0. The predicted octanol–water partition coefficient (Wildman–Crippen LogP) is 2.72. The van der Waals surface area contributed by atoms with E-state index in [1.807, 2.05) is 72.8 Å². The van der Waals surface area contributed by atoms with Gasteiger partial charge < -0.3 is 24.9 Å². The molecule has 0 aliphatic carbocycles. The van der Waals surface area contributed by atoms with Gasteiger partial charge >= 0.3 is 0 Å². The first-order chi connectivity index (χ1) is 14.2. The molecule has 2 aromatic carbocycles. The minimum absolute atomic E-state index is 0.161. The lowest BCUT2D eigenvalue weighted by atomic mass is 10.2. The summed E-state index contributed by atoms with van der Waals surface area (Å²) in [6.07, 6.45) is 2.61. The predicted molar refractivity (Wildman–Crippen MR) is 112 cm³/mol. The van der Waals surface area contributed by atoms with E-state index in [9.17, 15) is 9.90 Å². The summed E-state index contributed by atoms with van der Waals surface area (Å²) in [6.45, 7) is 1.70. The maximum absolute atomic E-state index is 11.1. The van der Waals surface area contributed by atoms with Crippen LogP contribution in [0.4, 0.5) is 11.5 Å². The highest BCUT2D eigenvalue weighted by Gasteiger charge is 2.08. The summed E-state index contributed by atoms with van der Waals surface area (Å²) in [7, 11) is 0. The van der Waals surface area contributed by atoms with Gasteiger partial charge in [0.05, 0.1) is 19.1 Å². The van der Waals surface area contributed by atoms with Gasteiger partial charge in [-0.1, -0.05) is 36.4 Å². The number of carboxylic acid groups (broad SMARTS) is 1. The van der Waals surface area contributed by atoms with Crippen molar-refractivity contribution in [3.05, 3.63) is 84.6 Å². The molecule has 6 heteroatoms. The quantitative estimate of drug-likeness (QED) is 0.507. The van der Waals surface area contributed by atoms with Crippen molar-refractivity contribution < 1.29 is 14.6 Å². The Morgan fingerprint density at radius 1 is 1.00 bits per heavy atom. The number of rotatable bonds is 11. The average molecular weight is 390 g/mol. The number of ether oxygens (including phenoxy) is 1. The number of hydrogen-bond donors (Lipinski definition) is 1. The van der Waals surface area contributed by atoms with Crippen LogP contribution in [-0.4, -0.2) is 30.6 Å². The Bertz CT molecular complexity index is 871. The van der Waals surface area contributed by atoms with Crippen LogP contribution in [0.2, 0.25) is 0 Å². The molecule has 3 aromatic rings. The lowest BCUT2D eigenvalue weighted by Gasteiger charge is -2.25. The van der Waals surface area contributed by atoms with E-state index in [1.165, 1.54) is 0 Å². The van der Waals surface area contributed by atoms with Gasteiger partial charge in [-0.2, -0.15) is 0 Å². The van der Waals surface area contributed by atoms with Gasteiger partial charge in [-0.25, -0.2) is 4.98 Å². The monoisotopic (exact) mass is 390 g/mol. The van der Waals surface area contributed by atoms with E-state index < -0.39 is 5.97 Å². The number of benzene rings is 2. The number of hydrogen-bond acceptors (Lipinski definition) is 6. The van der Waals surface area contributed by atoms with Gasteiger partial charge in [-0.15, -0.1) is 0 Å². The molecule has 1 aromatic heterocycles. The minimum Gasteiger partial charge on any atom is -0.548 e. The summed E-state index contributed by atoms with van der Waals surface area (Å²) in [5.74, 6) is 0.544. The summed E-state index contributed by atoms with van der Waals surface area (Å²) in [5, 5.41) is 14.4. The van der Waals surface area contributed by atoms with E-state index in [1.54, 1.807) is 11.1 Å². The van der Waals surface area contributed by atoms with Crippen LogP contribution < -0.4 is 20.1 Å². The molecule has 150 valence electrons. The highest BCUT2D eigenvalue weighted by atomic mass is 16.5. The Balaban J connectivity index is 1.46. The first-order valence-electron chi connectivity index (χ1n) is 9.57. The van der Waals surface area contributed by atoms with Crippen molar-refractivity contribution in [3.63, 3.8) is 0 Å². The van der Waals surface area contributed by atoms with Gasteiger partial charge in [0.15, 0.2) is 0 Å². The average Bonchev–Trinajstić information content (AvgIpc) is 2.75. The zero-order chi connectivity index (χ0) is 20.3. The largest absolute Gasteiger partial charge is 0.548 e. The molecule has 29 heavy (non-hydrogen) atoms. The molecule has 6 nitrogen and oxygen atoms in total. The fourth-order valence-electron chi connectivity index (χ4n) is 2.89. The van der Waals surface area contributed by atoms with Crippen LogP contribution in [0.5, 0.6) is 5.75 Å². The first kappa shape index (κ1) is 20.2. The van der Waals surface area contributed by atoms with Crippen molar-refractivity contribution >= 4 is 17.5 Å². The SMILES string of the molecule is O=C([O-])CN(Cc1ccc(OCCCNc2ccccn2)cc1)c1ccccc1. The number of aliphatic carboxylic acids is 1. The zero-order valence-corrected chi connectivity index (χ0v) is 16.2. The normalized spacial score (nSPS) is 10.3. The Labute approximate surface area is 170 Å². The number of nitrogens with zero attached hydrogens (tertiary/aromatic N) is 2. The molecule has 1 N–H and O–H groups in total. The van der Waals surface area contributed by atoms with E-state index in [2.05, 4.69) is 10.3 Å². The number of nitrogens with one attached hydrogen (secondary N) is 1. The molecule has 0 spiro atoms. The highest BCUT2D eigenvalue weighted by Crippen LogP contribution is 2.18. The van der Waals surface area contributed by atoms with E-state index in [4.69, 9.17) is 4.74 Å². The Morgan fingerprint density at radius 2 is 1.76 bits per heavy atom. The molecule has 0 atom stereocenters. The van der Waals surface area contributed by atoms with Crippen LogP contribution in [0.25, 0.3) is 0 Å². The van der Waals surface area contributed by atoms with Crippen molar-refractivity contribution in [1.82, 2.24) is 4.98 Å². The van der Waals surface area contributed by atoms with E-state index in [-0.39, 0.29) is 6.54 Å². The second-order valence-corrected chi connectivity index (χ2v) is 6.55. The van der Waals surface area contributed by atoms with Crippen molar-refractivity contribution in [3.8, 4) is 5.75 Å². The Kier molecular flexibility index (Phi) is 7.46. The van der Waals surface area contributed by atoms with Crippen molar-refractivity contribution in [2.24, 2.45) is 0 Å². The van der Waals surface area contributed by atoms with Crippen LogP contribution in [0.15, 0.2) is 79.0 Å². The third-order valence-corrected chi connectivity index (χ3v) is 4.30. The van der Waals surface area contributed by atoms with Crippen LogP contribution in [-0.2, 0) is 11.3 Å². The summed E-state index contributed by atoms with van der Waals surface area (Å²) in [5.41, 5.74) is 1.84. The fraction of sp³-hybridized carbons (Fsp3) is 0.217. The number of aromatic nitrogens is 1. The molecule has 0 saturated heterocycles. The smallest absolute Gasteiger partial charge is 0.125 e. The molecule has 1 heterocycles. The van der Waals surface area contributed by atoms with Crippen molar-refractivity contribution in [1.29, 1.82) is 0 Å². The van der Waals surface area contributed by atoms with Crippen LogP contribution in [0.1, 0.15) is 12.0 Å². The van der Waals surface area contributed by atoms with Gasteiger partial charge in [0.2, 0.25) is 0 Å². The number of pyridine rings is 1. The van der Waals surface area contributed by atoms with Gasteiger partial charge in [-0.05, 0) is 48.4 Å². The number of carbonyl (C=O) groups is 1. The van der Waals surface area contributed by atoms with Gasteiger partial charge in [0.25, 0.3) is 0 Å². The Morgan fingerprint density at radius 3 is 2.45 bits per heavy atom. The molecular formula is C23H24N3O3-. The minimum atomic E-state index is -1.10. The molecule has 0 unspecified atom stereocenters. The maximum atomic E-state index is 11.1. The van der Waals surface area contributed by atoms with E-state index >= 15 is 0 Å². The summed E-state index contributed by atoms with van der Waals surface area (Å²) in [6, 6.07) is 22.9. The number of carboxylic acids is 1. The fourth-order valence-corrected chi connectivity index (χ4v) is 2.89. The highest BCUT2D eigenvalue weighted by molar-refractivity contribution is 5.71. The second-order valence-electron chi connectivity index (χ2n) is 6.55. The van der Waals surface area contributed by atoms with E-state index in [0.717, 1.165) is 35.8 Å².